The number of H-pyrrole nitrogens is 1. The summed E-state index contributed by atoms with van der Waals surface area (Å²) in [5.41, 5.74) is 10.6. The van der Waals surface area contributed by atoms with Crippen LogP contribution in [0.2, 0.25) is 5.82 Å². The third-order valence-corrected chi connectivity index (χ3v) is 15.1. The number of hydrogen-bond acceptors (Lipinski definition) is 25. The minimum Gasteiger partial charge on any atom is -0.870 e. The number of carboxylic acid groups (broad SMARTS) is 1. The van der Waals surface area contributed by atoms with Crippen LogP contribution in [0.25, 0.3) is 43.6 Å². The summed E-state index contributed by atoms with van der Waals surface area (Å²) in [7, 11) is -1.04. The summed E-state index contributed by atoms with van der Waals surface area (Å²) in [6.07, 6.45) is 13.9. The van der Waals surface area contributed by atoms with Gasteiger partial charge in [0.2, 0.25) is 5.43 Å². The fraction of sp³-hybridized carbons (Fsp3) is 0.315. The molecule has 12 rings (SSSR count). The number of nitrogen functional groups attached to an aromatic ring is 1. The van der Waals surface area contributed by atoms with Crippen LogP contribution < -0.4 is 30.0 Å². The molecule has 3 aliphatic rings. The van der Waals surface area contributed by atoms with Crippen molar-refractivity contribution in [2.24, 2.45) is 0 Å². The van der Waals surface area contributed by atoms with Crippen LogP contribution in [-0.4, -0.2) is 117 Å². The third-order valence-electron chi connectivity index (χ3n) is 14.2. The predicted octanol–water partition coefficient (Wildman–Crippen LogP) is 15.1. The Hall–Kier alpha value is -9.03. The maximum atomic E-state index is 13.2. The molecule has 0 aliphatic heterocycles. The van der Waals surface area contributed by atoms with Crippen molar-refractivity contribution < 1.29 is 123 Å². The van der Waals surface area contributed by atoms with Crippen LogP contribution >= 0.6 is 65.6 Å². The Balaban J connectivity index is 0. The molecule has 5 aromatic carbocycles. The summed E-state index contributed by atoms with van der Waals surface area (Å²) in [6, 6.07) is 22.6. The van der Waals surface area contributed by atoms with Gasteiger partial charge in [-0.3, -0.25) is 24.3 Å². The van der Waals surface area contributed by atoms with Crippen molar-refractivity contribution in [1.29, 1.82) is 10.8 Å². The number of benzene rings is 5. The first-order valence-electron chi connectivity index (χ1n) is 33.3. The zero-order chi connectivity index (χ0) is 83.4. The number of hydrogen-bond donors (Lipinski definition) is 5. The summed E-state index contributed by atoms with van der Waals surface area (Å²) >= 11 is 11.6. The van der Waals surface area contributed by atoms with Crippen molar-refractivity contribution in [3.05, 3.63) is 221 Å². The summed E-state index contributed by atoms with van der Waals surface area (Å²) in [5, 5.41) is 40.2. The quantitative estimate of drug-likeness (QED) is 0.00732. The summed E-state index contributed by atoms with van der Waals surface area (Å²) in [6.45, 7) is 16.5. The van der Waals surface area contributed by atoms with Gasteiger partial charge in [-0.2, -0.15) is 9.59 Å². The maximum absolute atomic E-state index is 13.2. The molecule has 7 N–H and O–H groups in total. The summed E-state index contributed by atoms with van der Waals surface area (Å²) in [5.74, 6) is -3.61. The van der Waals surface area contributed by atoms with Gasteiger partial charge in [0.1, 0.15) is 34.6 Å². The largest absolute Gasteiger partial charge is 1.00 e. The van der Waals surface area contributed by atoms with Gasteiger partial charge < -0.3 is 55.0 Å². The van der Waals surface area contributed by atoms with Crippen molar-refractivity contribution >= 4 is 158 Å². The van der Waals surface area contributed by atoms with Crippen molar-refractivity contribution in [3.8, 4) is 0 Å². The minimum absolute atomic E-state index is 0. The van der Waals surface area contributed by atoms with Crippen LogP contribution in [0.3, 0.4) is 0 Å². The number of fused-ring (bicyclic) bond motifs is 4. The number of rotatable bonds is 15. The van der Waals surface area contributed by atoms with E-state index in [1.165, 1.54) is 97.8 Å². The molecule has 0 unspecified atom stereocenters. The normalized spacial score (nSPS) is 11.6. The molecule has 0 saturated heterocycles. The number of carbonyl (C=O) groups is 5. The van der Waals surface area contributed by atoms with E-state index in [1.54, 1.807) is 58.0 Å². The zero-order valence-electron chi connectivity index (χ0n) is 61.9. The Kier molecular flexibility index (Phi) is 52.7. The van der Waals surface area contributed by atoms with Crippen LogP contribution in [-0.2, 0) is 42.6 Å². The number of aromatic amines is 1. The smallest absolute Gasteiger partial charge is 0.870 e. The molecular formula is C73H79BBr4F5LiN7O20P. The number of carbonyl (C=O) groups excluding carboxylic acids is 6. The first kappa shape index (κ1) is 105. The molecule has 0 radical (unpaired) electrons. The average molecular weight is 1840 g/mol. The second kappa shape index (κ2) is 56.2. The molecule has 0 spiro atoms. The monoisotopic (exact) mass is 1830 g/mol. The molecule has 0 bridgehead atoms. The number of nitrogens with two attached hydrogens (primary N) is 1. The van der Waals surface area contributed by atoms with Gasteiger partial charge in [0.15, 0.2) is 0 Å². The van der Waals surface area contributed by atoms with E-state index in [1.807, 2.05) is 27.7 Å². The Morgan fingerprint density at radius 1 is 0.598 bits per heavy atom. The number of esters is 4. The number of carboxylic acids is 1. The number of halogens is 9. The Labute approximate surface area is 684 Å². The molecule has 4 aromatic heterocycles. The zero-order valence-corrected chi connectivity index (χ0v) is 69.1. The Morgan fingerprint density at radius 2 is 0.973 bits per heavy atom. The number of pyridine rings is 4. The Bertz CT molecular complexity index is 4690. The molecular weight excluding hydrogens is 1760 g/mol. The van der Waals surface area contributed by atoms with Gasteiger partial charge in [0.25, 0.3) is 3.25 Å². The molecule has 9 aromatic rings. The van der Waals surface area contributed by atoms with Crippen molar-refractivity contribution in [1.82, 2.24) is 19.9 Å². The molecule has 4 heterocycles. The first-order valence-corrected chi connectivity index (χ1v) is 41.8. The molecule has 112 heavy (non-hydrogen) atoms. The topological polar surface area (TPSA) is 453 Å². The Morgan fingerprint density at radius 3 is 1.34 bits per heavy atom. The minimum atomic E-state index is -2.20. The van der Waals surface area contributed by atoms with Crippen LogP contribution in [0, 0.1) is 49.8 Å². The molecule has 598 valence electrons. The number of nitrogens with one attached hydrogen (secondary N) is 1. The van der Waals surface area contributed by atoms with Crippen LogP contribution in [0.4, 0.5) is 27.6 Å². The standard InChI is InChI=1S/C15H14FNO2.C13H10FNO2.C12H9BrFNO2.C12H10FNO3.C9H16O3.C6H6FN.C3H7BO2.C2H6.CO2.Br3OP.Li.N2.O2.H2O/c1-2-19-15(18)12-8-17-13-7-10(16)5-6-11(13)14(12)9-3-4-9;14-8-3-4-9-11(5-8)15-6-10(13(16)17)12(9)7-1-2-7;1-2-17-12(16)9-6-15-10-5-7(14)3-4-8(10)11(9)13;1-2-17-12(16)9-6-14-10-5-7(13)3-4-8(10)11(9)15;1-4-8(7-11-5-2)9(10)12-6-3;7-5-2-1-3-6(8)4-5;5-4(6)3-1-2-3;1-2;2-1-3;1-5(2,3)4;;2*1-2;/h5-9H,2-4H2,1H3;3-7H,1-2H2,(H,16,17);3-6H,2H2,1H3;3-6H,2H2,1H3,(H,14,15);7H,4-6H2,1-3H3;1-4H,8H2;3,5-6H,1-2H2;1-2H3;;;;;;1H2/q;;;;;;;;;;+1;;;/p-1/b;;;;8-7-;;;;;;;;;. The van der Waals surface area contributed by atoms with E-state index in [2.05, 4.69) is 82.3 Å². The summed E-state index contributed by atoms with van der Waals surface area (Å²) < 4.78 is 97.2. The van der Waals surface area contributed by atoms with Gasteiger partial charge in [-0.05, 0) is 184 Å². The van der Waals surface area contributed by atoms with Gasteiger partial charge in [-0.1, -0.05) is 39.7 Å². The van der Waals surface area contributed by atoms with Crippen molar-refractivity contribution in [2.45, 2.75) is 118 Å². The molecule has 27 nitrogen and oxygen atoms in total. The fourth-order valence-electron chi connectivity index (χ4n) is 9.17. The van der Waals surface area contributed by atoms with Crippen LogP contribution in [0.1, 0.15) is 165 Å². The van der Waals surface area contributed by atoms with Gasteiger partial charge in [0, 0.05) is 142 Å². The predicted molar refractivity (Wildman–Crippen MR) is 420 cm³/mol. The van der Waals surface area contributed by atoms with E-state index >= 15 is 0 Å². The number of nitrogens with zero attached hydrogens (tertiary/aromatic N) is 5. The number of aromatic carboxylic acids is 1. The van der Waals surface area contributed by atoms with E-state index in [0.29, 0.717) is 93.1 Å². The van der Waals surface area contributed by atoms with Gasteiger partial charge in [-0.25, -0.2) is 45.9 Å². The SMILES string of the molecule is CC.CCO/C=C(/CC)C(=O)OCC.CCOC(=O)c1c[nH]c2cc(F)ccc2c1=O.CCOC(=O)c1cnc2cc(F)ccc2c1Br.CCOC(=O)c1cnc2cc(F)ccc2c1C1CC1.N#N.Nc1cccc(F)c1.O=C(O)c1cnc2cc(F)ccc2c1C1CC1.O=C=O.O=O.O=P(Br)(Br)Br.OB(O)C1CC1.[Li+].[OH-]. The van der Waals surface area contributed by atoms with Gasteiger partial charge >= 0.3 is 62.0 Å². The first-order chi connectivity index (χ1) is 52.4. The van der Waals surface area contributed by atoms with Gasteiger partial charge in [0.05, 0.1) is 83.6 Å². The van der Waals surface area contributed by atoms with Gasteiger partial charge in [-0.15, -0.1) is 0 Å². The van der Waals surface area contributed by atoms with E-state index < -0.39 is 39.5 Å². The third kappa shape index (κ3) is 37.5. The molecule has 0 atom stereocenters. The molecule has 39 heteroatoms. The molecule has 3 aliphatic carbocycles. The van der Waals surface area contributed by atoms with E-state index in [9.17, 15) is 55.3 Å². The molecule has 3 fully saturated rings. The number of aromatic nitrogens is 4. The van der Waals surface area contributed by atoms with Crippen molar-refractivity contribution in [2.75, 3.05) is 38.8 Å². The number of anilines is 1. The molecule has 3 saturated carbocycles. The average Bonchev–Trinajstić information content (AvgIpc) is 1.58. The van der Waals surface area contributed by atoms with Crippen LogP contribution in [0.5, 0.6) is 0 Å². The van der Waals surface area contributed by atoms with E-state index in [-0.39, 0.29) is 101 Å². The van der Waals surface area contributed by atoms with E-state index in [4.69, 9.17) is 74.9 Å². The summed E-state index contributed by atoms with van der Waals surface area (Å²) in [4.78, 5) is 114. The maximum Gasteiger partial charge on any atom is 1.00 e. The van der Waals surface area contributed by atoms with E-state index in [0.717, 1.165) is 60.4 Å². The molecule has 0 amide bonds. The van der Waals surface area contributed by atoms with Crippen molar-refractivity contribution in [3.63, 3.8) is 0 Å². The second-order valence-corrected chi connectivity index (χ2v) is 41.0. The number of ether oxygens (including phenoxy) is 5. The second-order valence-electron chi connectivity index (χ2n) is 21.8. The fourth-order valence-corrected chi connectivity index (χ4v) is 9.76. The van der Waals surface area contributed by atoms with Crippen LogP contribution in [0.15, 0.2) is 143 Å².